The second kappa shape index (κ2) is 4.14. The van der Waals surface area contributed by atoms with Crippen LogP contribution >= 0.6 is 12.4 Å². The first-order valence-electron chi connectivity index (χ1n) is 5.12. The first-order valence-corrected chi connectivity index (χ1v) is 5.12. The second-order valence-electron chi connectivity index (χ2n) is 4.45. The highest BCUT2D eigenvalue weighted by Gasteiger charge is 2.45. The van der Waals surface area contributed by atoms with Crippen LogP contribution in [0.25, 0.3) is 0 Å². The van der Waals surface area contributed by atoms with Crippen LogP contribution in [0.15, 0.2) is 0 Å². The molecule has 1 aliphatic carbocycles. The van der Waals surface area contributed by atoms with Crippen LogP contribution in [-0.4, -0.2) is 18.3 Å². The van der Waals surface area contributed by atoms with E-state index in [0.717, 1.165) is 19.4 Å². The molecule has 0 radical (unpaired) electrons. The van der Waals surface area contributed by atoms with Gasteiger partial charge in [0.25, 0.3) is 0 Å². The van der Waals surface area contributed by atoms with E-state index in [1.165, 1.54) is 19.3 Å². The lowest BCUT2D eigenvalue weighted by Gasteiger charge is -2.48. The molecule has 2 fully saturated rings. The minimum absolute atomic E-state index is 0. The van der Waals surface area contributed by atoms with Crippen LogP contribution in [0.1, 0.15) is 39.0 Å². The van der Waals surface area contributed by atoms with Crippen molar-refractivity contribution in [3.8, 4) is 0 Å². The maximum absolute atomic E-state index is 13.6. The van der Waals surface area contributed by atoms with Crippen LogP contribution in [0.4, 0.5) is 4.39 Å². The van der Waals surface area contributed by atoms with E-state index >= 15 is 0 Å². The molecule has 0 bridgehead atoms. The Morgan fingerprint density at radius 2 is 1.92 bits per heavy atom. The van der Waals surface area contributed by atoms with Crippen LogP contribution < -0.4 is 5.32 Å². The highest BCUT2D eigenvalue weighted by atomic mass is 35.5. The predicted octanol–water partition coefficient (Wildman–Crippen LogP) is 2.69. The normalized spacial score (nSPS) is 40.6. The van der Waals surface area contributed by atoms with Gasteiger partial charge in [0.2, 0.25) is 0 Å². The summed E-state index contributed by atoms with van der Waals surface area (Å²) in [5.74, 6) is 0.604. The zero-order valence-corrected chi connectivity index (χ0v) is 9.00. The molecule has 2 atom stereocenters. The number of rotatable bonds is 1. The van der Waals surface area contributed by atoms with Crippen molar-refractivity contribution in [2.45, 2.75) is 50.7 Å². The SMILES string of the molecule is CC1(C2CCC2)NCCCC1F.Cl. The quantitative estimate of drug-likeness (QED) is 0.697. The van der Waals surface area contributed by atoms with Crippen LogP contribution in [0, 0.1) is 5.92 Å². The van der Waals surface area contributed by atoms with Crippen LogP contribution in [0.2, 0.25) is 0 Å². The topological polar surface area (TPSA) is 12.0 Å². The minimum Gasteiger partial charge on any atom is -0.309 e. The Morgan fingerprint density at radius 3 is 2.38 bits per heavy atom. The van der Waals surface area contributed by atoms with E-state index in [4.69, 9.17) is 0 Å². The number of nitrogens with one attached hydrogen (secondary N) is 1. The lowest BCUT2D eigenvalue weighted by Crippen LogP contribution is -2.60. The van der Waals surface area contributed by atoms with Gasteiger partial charge in [-0.2, -0.15) is 0 Å². The summed E-state index contributed by atoms with van der Waals surface area (Å²) in [5, 5.41) is 3.37. The maximum Gasteiger partial charge on any atom is 0.118 e. The van der Waals surface area contributed by atoms with Gasteiger partial charge < -0.3 is 5.32 Å². The third-order valence-electron chi connectivity index (χ3n) is 3.74. The van der Waals surface area contributed by atoms with Gasteiger partial charge in [0.05, 0.1) is 0 Å². The van der Waals surface area contributed by atoms with Crippen molar-refractivity contribution in [3.63, 3.8) is 0 Å². The number of hydrogen-bond donors (Lipinski definition) is 1. The molecule has 2 unspecified atom stereocenters. The highest BCUT2D eigenvalue weighted by Crippen LogP contribution is 2.41. The zero-order valence-electron chi connectivity index (χ0n) is 8.18. The Hall–Kier alpha value is 0.180. The summed E-state index contributed by atoms with van der Waals surface area (Å²) in [4.78, 5) is 0. The monoisotopic (exact) mass is 207 g/mol. The van der Waals surface area contributed by atoms with E-state index in [-0.39, 0.29) is 17.9 Å². The fourth-order valence-corrected chi connectivity index (χ4v) is 2.46. The van der Waals surface area contributed by atoms with Crippen molar-refractivity contribution in [2.75, 3.05) is 6.54 Å². The number of alkyl halides is 1. The fourth-order valence-electron chi connectivity index (χ4n) is 2.46. The van der Waals surface area contributed by atoms with Crippen molar-refractivity contribution in [1.82, 2.24) is 5.32 Å². The van der Waals surface area contributed by atoms with Gasteiger partial charge in [-0.1, -0.05) is 6.42 Å². The third kappa shape index (κ3) is 1.84. The summed E-state index contributed by atoms with van der Waals surface area (Å²) in [7, 11) is 0. The summed E-state index contributed by atoms with van der Waals surface area (Å²) in [5.41, 5.74) is -0.184. The first-order chi connectivity index (χ1) is 5.73. The van der Waals surface area contributed by atoms with Crippen molar-refractivity contribution in [3.05, 3.63) is 0 Å². The molecule has 1 heterocycles. The van der Waals surface area contributed by atoms with Crippen molar-refractivity contribution in [1.29, 1.82) is 0 Å². The van der Waals surface area contributed by atoms with Gasteiger partial charge >= 0.3 is 0 Å². The van der Waals surface area contributed by atoms with E-state index in [9.17, 15) is 4.39 Å². The molecule has 0 aromatic heterocycles. The Morgan fingerprint density at radius 1 is 1.23 bits per heavy atom. The molecule has 0 aromatic rings. The summed E-state index contributed by atoms with van der Waals surface area (Å²) in [6.07, 6.45) is 4.91. The summed E-state index contributed by atoms with van der Waals surface area (Å²) in [6.45, 7) is 3.08. The van der Waals surface area contributed by atoms with E-state index in [1.54, 1.807) is 0 Å². The number of piperidine rings is 1. The predicted molar refractivity (Wildman–Crippen MR) is 55.1 cm³/mol. The molecular formula is C10H19ClFN. The average Bonchev–Trinajstić information content (AvgIpc) is 1.92. The molecule has 2 rings (SSSR count). The summed E-state index contributed by atoms with van der Waals surface area (Å²) < 4.78 is 13.6. The van der Waals surface area contributed by atoms with Crippen molar-refractivity contribution >= 4 is 12.4 Å². The van der Waals surface area contributed by atoms with Gasteiger partial charge in [-0.05, 0) is 45.1 Å². The molecule has 1 nitrogen and oxygen atoms in total. The standard InChI is InChI=1S/C10H18FN.ClH/c1-10(8-4-2-5-8)9(11)6-3-7-12-10;/h8-9,12H,2-7H2,1H3;1H. The Bertz CT molecular complexity index is 168. The van der Waals surface area contributed by atoms with Crippen molar-refractivity contribution < 1.29 is 4.39 Å². The first kappa shape index (κ1) is 11.3. The van der Waals surface area contributed by atoms with Gasteiger partial charge in [0.1, 0.15) is 6.17 Å². The molecule has 2 aliphatic rings. The van der Waals surface area contributed by atoms with Crippen LogP contribution in [0.3, 0.4) is 0 Å². The molecule has 13 heavy (non-hydrogen) atoms. The molecule has 0 amide bonds. The van der Waals surface area contributed by atoms with Gasteiger partial charge in [0.15, 0.2) is 0 Å². The van der Waals surface area contributed by atoms with Gasteiger partial charge in [-0.15, -0.1) is 12.4 Å². The molecule has 1 N–H and O–H groups in total. The third-order valence-corrected chi connectivity index (χ3v) is 3.74. The average molecular weight is 208 g/mol. The molecule has 0 aromatic carbocycles. The second-order valence-corrected chi connectivity index (χ2v) is 4.45. The molecule has 0 spiro atoms. The Kier molecular flexibility index (Phi) is 3.58. The lowest BCUT2D eigenvalue weighted by molar-refractivity contribution is 0.0320. The minimum atomic E-state index is -0.614. The van der Waals surface area contributed by atoms with Gasteiger partial charge in [-0.25, -0.2) is 4.39 Å². The van der Waals surface area contributed by atoms with Gasteiger partial charge in [0, 0.05) is 5.54 Å². The van der Waals surface area contributed by atoms with E-state index in [2.05, 4.69) is 12.2 Å². The van der Waals surface area contributed by atoms with Crippen molar-refractivity contribution in [2.24, 2.45) is 5.92 Å². The molecular weight excluding hydrogens is 189 g/mol. The summed E-state index contributed by atoms with van der Waals surface area (Å²) >= 11 is 0. The molecule has 1 saturated heterocycles. The maximum atomic E-state index is 13.6. The number of hydrogen-bond acceptors (Lipinski definition) is 1. The number of halogens is 2. The highest BCUT2D eigenvalue weighted by molar-refractivity contribution is 5.85. The Balaban J connectivity index is 0.000000845. The van der Waals surface area contributed by atoms with Gasteiger partial charge in [-0.3, -0.25) is 0 Å². The van der Waals surface area contributed by atoms with Crippen LogP contribution in [-0.2, 0) is 0 Å². The van der Waals surface area contributed by atoms with E-state index in [1.807, 2.05) is 0 Å². The lowest BCUT2D eigenvalue weighted by atomic mass is 9.67. The zero-order chi connectivity index (χ0) is 8.60. The fraction of sp³-hybridized carbons (Fsp3) is 1.00. The molecule has 1 saturated carbocycles. The molecule has 1 aliphatic heterocycles. The van der Waals surface area contributed by atoms with E-state index in [0.29, 0.717) is 5.92 Å². The smallest absolute Gasteiger partial charge is 0.118 e. The Labute approximate surface area is 85.9 Å². The summed E-state index contributed by atoms with van der Waals surface area (Å²) in [6, 6.07) is 0. The molecule has 78 valence electrons. The van der Waals surface area contributed by atoms with Crippen LogP contribution in [0.5, 0.6) is 0 Å². The molecule has 3 heteroatoms. The largest absolute Gasteiger partial charge is 0.309 e. The van der Waals surface area contributed by atoms with E-state index < -0.39 is 6.17 Å².